The van der Waals surface area contributed by atoms with E-state index in [-0.39, 0.29) is 12.6 Å². The van der Waals surface area contributed by atoms with Crippen molar-refractivity contribution in [3.63, 3.8) is 0 Å². The topological polar surface area (TPSA) is 76.0 Å². The van der Waals surface area contributed by atoms with Crippen LogP contribution in [0.5, 0.6) is 0 Å². The first-order chi connectivity index (χ1) is 13.5. The summed E-state index contributed by atoms with van der Waals surface area (Å²) in [7, 11) is 0. The molecule has 1 atom stereocenters. The van der Waals surface area contributed by atoms with Crippen LogP contribution in [0, 0.1) is 13.8 Å². The van der Waals surface area contributed by atoms with Crippen molar-refractivity contribution in [3.05, 3.63) is 64.1 Å². The number of carbonyl (C=O) groups excluding carboxylic acids is 2. The van der Waals surface area contributed by atoms with E-state index >= 15 is 0 Å². The van der Waals surface area contributed by atoms with E-state index in [1.54, 1.807) is 29.2 Å². The molecule has 0 saturated carbocycles. The molecule has 0 bridgehead atoms. The maximum atomic E-state index is 12.3. The van der Waals surface area contributed by atoms with Crippen molar-refractivity contribution in [1.82, 2.24) is 15.1 Å². The van der Waals surface area contributed by atoms with Gasteiger partial charge in [-0.2, -0.15) is 16.4 Å². The summed E-state index contributed by atoms with van der Waals surface area (Å²) in [5.74, 6) is -1.35. The lowest BCUT2D eigenvalue weighted by atomic mass is 10.1. The van der Waals surface area contributed by atoms with Crippen LogP contribution in [0.2, 0.25) is 0 Å². The number of carbonyl (C=O) groups is 2. The molecule has 146 valence electrons. The zero-order valence-corrected chi connectivity index (χ0v) is 17.6. The molecule has 3 rings (SSSR count). The van der Waals surface area contributed by atoms with Gasteiger partial charge in [-0.25, -0.2) is 0 Å². The van der Waals surface area contributed by atoms with E-state index in [4.69, 9.17) is 0 Å². The number of amides is 2. The molecule has 2 N–H and O–H groups in total. The zero-order chi connectivity index (χ0) is 20.1. The predicted octanol–water partition coefficient (Wildman–Crippen LogP) is 3.63. The molecule has 0 fully saturated rings. The molecule has 28 heavy (non-hydrogen) atoms. The summed E-state index contributed by atoms with van der Waals surface area (Å²) in [5, 5.41) is 13.9. The number of anilines is 1. The van der Waals surface area contributed by atoms with Crippen LogP contribution < -0.4 is 10.6 Å². The van der Waals surface area contributed by atoms with Crippen LogP contribution in [-0.2, 0) is 9.59 Å². The van der Waals surface area contributed by atoms with E-state index in [2.05, 4.69) is 15.7 Å². The number of benzene rings is 1. The summed E-state index contributed by atoms with van der Waals surface area (Å²) in [6, 6.07) is 11.2. The van der Waals surface area contributed by atoms with E-state index in [1.807, 2.05) is 65.9 Å². The molecule has 2 heterocycles. The Hall–Kier alpha value is -2.58. The maximum absolute atomic E-state index is 12.3. The van der Waals surface area contributed by atoms with Crippen molar-refractivity contribution in [3.8, 4) is 0 Å². The molecule has 0 aliphatic carbocycles. The fourth-order valence-corrected chi connectivity index (χ4v) is 4.10. The Labute approximate surface area is 172 Å². The fraction of sp³-hybridized carbons (Fsp3) is 0.250. The van der Waals surface area contributed by atoms with Gasteiger partial charge in [-0.1, -0.05) is 6.07 Å². The Morgan fingerprint density at radius 3 is 2.68 bits per heavy atom. The lowest BCUT2D eigenvalue weighted by molar-refractivity contribution is -0.136. The van der Waals surface area contributed by atoms with Crippen molar-refractivity contribution in [2.24, 2.45) is 0 Å². The number of rotatable bonds is 6. The van der Waals surface area contributed by atoms with Gasteiger partial charge in [0.15, 0.2) is 0 Å². The molecule has 0 spiro atoms. The van der Waals surface area contributed by atoms with Crippen molar-refractivity contribution in [2.45, 2.75) is 24.8 Å². The summed E-state index contributed by atoms with van der Waals surface area (Å²) in [6.07, 6.45) is 1.96. The second-order valence-electron chi connectivity index (χ2n) is 6.34. The largest absolute Gasteiger partial charge is 0.345 e. The number of thiophene rings is 1. The summed E-state index contributed by atoms with van der Waals surface area (Å²) in [6.45, 7) is 4.19. The Morgan fingerprint density at radius 1 is 1.21 bits per heavy atom. The third-order valence-electron chi connectivity index (χ3n) is 4.26. The average Bonchev–Trinajstić information content (AvgIpc) is 3.32. The van der Waals surface area contributed by atoms with E-state index in [9.17, 15) is 9.59 Å². The number of hydrogen-bond donors (Lipinski definition) is 2. The summed E-state index contributed by atoms with van der Waals surface area (Å²) in [4.78, 5) is 25.6. The second-order valence-corrected chi connectivity index (χ2v) is 8.00. The molecule has 0 aliphatic rings. The SMILES string of the molecule is CSc1cccc(NC(=O)C(=O)NC[C@@H](c2ccsc2)n2nc(C)cc2C)c1. The minimum Gasteiger partial charge on any atom is -0.345 e. The first-order valence-corrected chi connectivity index (χ1v) is 10.9. The number of nitrogens with one attached hydrogen (secondary N) is 2. The molecule has 1 aromatic carbocycles. The Kier molecular flexibility index (Phi) is 6.53. The van der Waals surface area contributed by atoms with Gasteiger partial charge in [0.25, 0.3) is 0 Å². The van der Waals surface area contributed by atoms with E-state index < -0.39 is 11.8 Å². The minimum absolute atomic E-state index is 0.170. The third-order valence-corrected chi connectivity index (χ3v) is 5.68. The normalized spacial score (nSPS) is 11.8. The van der Waals surface area contributed by atoms with Crippen molar-refractivity contribution < 1.29 is 9.59 Å². The number of hydrogen-bond acceptors (Lipinski definition) is 5. The molecule has 0 unspecified atom stereocenters. The summed E-state index contributed by atoms with van der Waals surface area (Å²) < 4.78 is 1.89. The number of aryl methyl sites for hydroxylation is 2. The van der Waals surface area contributed by atoms with Gasteiger partial charge in [-0.05, 0) is 66.8 Å². The number of aromatic nitrogens is 2. The molecule has 0 radical (unpaired) electrons. The Morgan fingerprint density at radius 2 is 2.04 bits per heavy atom. The highest BCUT2D eigenvalue weighted by molar-refractivity contribution is 7.98. The van der Waals surface area contributed by atoms with Crippen molar-refractivity contribution >= 4 is 40.6 Å². The van der Waals surface area contributed by atoms with Gasteiger partial charge < -0.3 is 10.6 Å². The molecule has 6 nitrogen and oxygen atoms in total. The van der Waals surface area contributed by atoms with Crippen LogP contribution >= 0.6 is 23.1 Å². The molecule has 0 saturated heterocycles. The van der Waals surface area contributed by atoms with E-state index in [0.29, 0.717) is 5.69 Å². The molecular weight excluding hydrogens is 392 g/mol. The standard InChI is InChI=1S/C20H22N4O2S2/c1-13-9-14(2)24(23-13)18(15-7-8-28-12-15)11-21-19(25)20(26)22-16-5-4-6-17(10-16)27-3/h4-10,12,18H,11H2,1-3H3,(H,21,25)(H,22,26)/t18-/m0/s1. The van der Waals surface area contributed by atoms with E-state index in [1.165, 1.54) is 0 Å². The highest BCUT2D eigenvalue weighted by Crippen LogP contribution is 2.22. The molecular formula is C20H22N4O2S2. The Bertz CT molecular complexity index is 967. The van der Waals surface area contributed by atoms with Crippen LogP contribution in [0.3, 0.4) is 0 Å². The molecule has 8 heteroatoms. The smallest absolute Gasteiger partial charge is 0.313 e. The monoisotopic (exact) mass is 414 g/mol. The van der Waals surface area contributed by atoms with Gasteiger partial charge in [0.1, 0.15) is 0 Å². The average molecular weight is 415 g/mol. The first kappa shape index (κ1) is 20.2. The Balaban J connectivity index is 1.68. The lowest BCUT2D eigenvalue weighted by Gasteiger charge is -2.19. The second kappa shape index (κ2) is 9.07. The van der Waals surface area contributed by atoms with Gasteiger partial charge >= 0.3 is 11.8 Å². The van der Waals surface area contributed by atoms with Crippen LogP contribution in [0.15, 0.2) is 52.1 Å². The summed E-state index contributed by atoms with van der Waals surface area (Å²) in [5.41, 5.74) is 3.56. The highest BCUT2D eigenvalue weighted by Gasteiger charge is 2.21. The highest BCUT2D eigenvalue weighted by atomic mass is 32.2. The third kappa shape index (κ3) is 4.82. The predicted molar refractivity (Wildman–Crippen MR) is 114 cm³/mol. The van der Waals surface area contributed by atoms with Crippen molar-refractivity contribution in [1.29, 1.82) is 0 Å². The molecule has 2 aromatic heterocycles. The molecule has 0 aliphatic heterocycles. The van der Waals surface area contributed by atoms with Gasteiger partial charge in [0, 0.05) is 22.8 Å². The quantitative estimate of drug-likeness (QED) is 0.477. The van der Waals surface area contributed by atoms with Crippen LogP contribution in [-0.4, -0.2) is 34.4 Å². The molecule has 2 amide bonds. The summed E-state index contributed by atoms with van der Waals surface area (Å²) >= 11 is 3.16. The van der Waals surface area contributed by atoms with Crippen molar-refractivity contribution in [2.75, 3.05) is 18.1 Å². The van der Waals surface area contributed by atoms with Gasteiger partial charge in [0.05, 0.1) is 11.7 Å². The van der Waals surface area contributed by atoms with Crippen LogP contribution in [0.25, 0.3) is 0 Å². The minimum atomic E-state index is -0.685. The number of thioether (sulfide) groups is 1. The lowest BCUT2D eigenvalue weighted by Crippen LogP contribution is -2.39. The molecule has 3 aromatic rings. The van der Waals surface area contributed by atoms with E-state index in [0.717, 1.165) is 21.8 Å². The first-order valence-electron chi connectivity index (χ1n) is 8.76. The van der Waals surface area contributed by atoms with Gasteiger partial charge in [-0.15, -0.1) is 11.8 Å². The zero-order valence-electron chi connectivity index (χ0n) is 15.9. The van der Waals surface area contributed by atoms with Gasteiger partial charge in [0.2, 0.25) is 0 Å². The maximum Gasteiger partial charge on any atom is 0.313 e. The fourth-order valence-electron chi connectivity index (χ4n) is 2.93. The van der Waals surface area contributed by atoms with Gasteiger partial charge in [-0.3, -0.25) is 14.3 Å². The van der Waals surface area contributed by atoms with Crippen LogP contribution in [0.4, 0.5) is 5.69 Å². The number of nitrogens with zero attached hydrogens (tertiary/aromatic N) is 2. The van der Waals surface area contributed by atoms with Crippen LogP contribution in [0.1, 0.15) is 23.0 Å².